The zero-order chi connectivity index (χ0) is 13.2. The van der Waals surface area contributed by atoms with Gasteiger partial charge in [-0.1, -0.05) is 34.1 Å². The van der Waals surface area contributed by atoms with Crippen LogP contribution in [0.5, 0.6) is 0 Å². The Labute approximate surface area is 119 Å². The first-order valence-corrected chi connectivity index (χ1v) is 6.81. The average Bonchev–Trinajstić information content (AvgIpc) is 2.78. The maximum atomic E-state index is 4.38. The molecule has 0 aliphatic heterocycles. The van der Waals surface area contributed by atoms with Crippen LogP contribution in [0.2, 0.25) is 0 Å². The molecule has 0 radical (unpaired) electrons. The SMILES string of the molecule is Cc1cc2c(NCc3ccccc3Br)nccn2n1. The summed E-state index contributed by atoms with van der Waals surface area (Å²) in [5, 5.41) is 7.73. The fourth-order valence-corrected chi connectivity index (χ4v) is 2.43. The quantitative estimate of drug-likeness (QED) is 0.805. The lowest BCUT2D eigenvalue weighted by Gasteiger charge is -2.08. The molecule has 0 aliphatic carbocycles. The van der Waals surface area contributed by atoms with Gasteiger partial charge in [-0.3, -0.25) is 0 Å². The molecule has 96 valence electrons. The third-order valence-electron chi connectivity index (χ3n) is 2.92. The minimum atomic E-state index is 0.721. The second kappa shape index (κ2) is 5.01. The lowest BCUT2D eigenvalue weighted by Crippen LogP contribution is -2.03. The minimum Gasteiger partial charge on any atom is -0.364 e. The van der Waals surface area contributed by atoms with Crippen molar-refractivity contribution in [3.05, 3.63) is 58.5 Å². The number of halogens is 1. The zero-order valence-electron chi connectivity index (χ0n) is 10.5. The highest BCUT2D eigenvalue weighted by molar-refractivity contribution is 9.10. The van der Waals surface area contributed by atoms with Crippen molar-refractivity contribution >= 4 is 27.3 Å². The number of hydrogen-bond acceptors (Lipinski definition) is 3. The molecule has 0 saturated carbocycles. The summed E-state index contributed by atoms with van der Waals surface area (Å²) in [5.74, 6) is 0.846. The van der Waals surface area contributed by atoms with Gasteiger partial charge in [-0.25, -0.2) is 9.50 Å². The number of anilines is 1. The summed E-state index contributed by atoms with van der Waals surface area (Å²) >= 11 is 3.55. The van der Waals surface area contributed by atoms with Crippen molar-refractivity contribution in [1.82, 2.24) is 14.6 Å². The molecule has 0 amide bonds. The Morgan fingerprint density at radius 3 is 3.00 bits per heavy atom. The Morgan fingerprint density at radius 2 is 2.16 bits per heavy atom. The predicted octanol–water partition coefficient (Wildman–Crippen LogP) is 3.41. The Morgan fingerprint density at radius 1 is 1.32 bits per heavy atom. The van der Waals surface area contributed by atoms with Crippen molar-refractivity contribution in [3.63, 3.8) is 0 Å². The number of rotatable bonds is 3. The van der Waals surface area contributed by atoms with Crippen LogP contribution < -0.4 is 5.32 Å². The molecular formula is C14H13BrN4. The zero-order valence-corrected chi connectivity index (χ0v) is 12.1. The first-order chi connectivity index (χ1) is 9.24. The van der Waals surface area contributed by atoms with Crippen LogP contribution in [0.25, 0.3) is 5.52 Å². The first-order valence-electron chi connectivity index (χ1n) is 6.02. The van der Waals surface area contributed by atoms with Gasteiger partial charge < -0.3 is 5.32 Å². The molecule has 0 unspecified atom stereocenters. The smallest absolute Gasteiger partial charge is 0.152 e. The van der Waals surface area contributed by atoms with Gasteiger partial charge in [0.15, 0.2) is 5.82 Å². The summed E-state index contributed by atoms with van der Waals surface area (Å²) in [6.07, 6.45) is 3.60. The summed E-state index contributed by atoms with van der Waals surface area (Å²) in [6.45, 7) is 2.70. The molecule has 19 heavy (non-hydrogen) atoms. The second-order valence-corrected chi connectivity index (χ2v) is 5.19. The maximum absolute atomic E-state index is 4.38. The molecule has 0 fully saturated rings. The molecule has 0 aliphatic rings. The van der Waals surface area contributed by atoms with Gasteiger partial charge in [0.2, 0.25) is 0 Å². The molecule has 0 bridgehead atoms. The molecular weight excluding hydrogens is 304 g/mol. The predicted molar refractivity (Wildman–Crippen MR) is 79.2 cm³/mol. The van der Waals surface area contributed by atoms with Gasteiger partial charge >= 0.3 is 0 Å². The van der Waals surface area contributed by atoms with Crippen molar-refractivity contribution < 1.29 is 0 Å². The number of benzene rings is 1. The average molecular weight is 317 g/mol. The van der Waals surface area contributed by atoms with E-state index in [1.165, 1.54) is 5.56 Å². The third-order valence-corrected chi connectivity index (χ3v) is 3.69. The molecule has 4 nitrogen and oxygen atoms in total. The van der Waals surface area contributed by atoms with Crippen LogP contribution in [0.4, 0.5) is 5.82 Å². The highest BCUT2D eigenvalue weighted by atomic mass is 79.9. The summed E-state index contributed by atoms with van der Waals surface area (Å²) in [7, 11) is 0. The van der Waals surface area contributed by atoms with E-state index in [1.54, 1.807) is 6.20 Å². The van der Waals surface area contributed by atoms with Crippen LogP contribution in [0.3, 0.4) is 0 Å². The number of nitrogens with one attached hydrogen (secondary N) is 1. The van der Waals surface area contributed by atoms with E-state index in [0.717, 1.165) is 28.0 Å². The highest BCUT2D eigenvalue weighted by Gasteiger charge is 2.05. The van der Waals surface area contributed by atoms with Gasteiger partial charge in [0.05, 0.1) is 5.69 Å². The van der Waals surface area contributed by atoms with E-state index in [1.807, 2.05) is 41.9 Å². The lowest BCUT2D eigenvalue weighted by molar-refractivity contribution is 0.920. The standard InChI is InChI=1S/C14H13BrN4/c1-10-8-13-14(16-6-7-19(13)18-10)17-9-11-4-2-3-5-12(11)15/h2-8H,9H2,1H3,(H,16,17). The maximum Gasteiger partial charge on any atom is 0.152 e. The fraction of sp³-hybridized carbons (Fsp3) is 0.143. The van der Waals surface area contributed by atoms with Crippen LogP contribution in [0, 0.1) is 6.92 Å². The summed E-state index contributed by atoms with van der Waals surface area (Å²) in [5.41, 5.74) is 3.17. The van der Waals surface area contributed by atoms with Gasteiger partial charge in [-0.2, -0.15) is 5.10 Å². The van der Waals surface area contributed by atoms with E-state index in [2.05, 4.69) is 37.4 Å². The van der Waals surface area contributed by atoms with Crippen LogP contribution in [-0.2, 0) is 6.54 Å². The fourth-order valence-electron chi connectivity index (χ4n) is 2.00. The van der Waals surface area contributed by atoms with E-state index in [-0.39, 0.29) is 0 Å². The van der Waals surface area contributed by atoms with Crippen LogP contribution >= 0.6 is 15.9 Å². The van der Waals surface area contributed by atoms with Gasteiger partial charge in [0.25, 0.3) is 0 Å². The first kappa shape index (κ1) is 12.2. The number of hydrogen-bond donors (Lipinski definition) is 1. The van der Waals surface area contributed by atoms with Crippen molar-refractivity contribution in [2.45, 2.75) is 13.5 Å². The second-order valence-electron chi connectivity index (χ2n) is 4.34. The molecule has 3 rings (SSSR count). The molecule has 0 saturated heterocycles. The van der Waals surface area contributed by atoms with E-state index >= 15 is 0 Å². The molecule has 5 heteroatoms. The highest BCUT2D eigenvalue weighted by Crippen LogP contribution is 2.19. The van der Waals surface area contributed by atoms with Crippen molar-refractivity contribution in [1.29, 1.82) is 0 Å². The number of aryl methyl sites for hydroxylation is 1. The van der Waals surface area contributed by atoms with Crippen LogP contribution in [0.1, 0.15) is 11.3 Å². The summed E-state index contributed by atoms with van der Waals surface area (Å²) in [6, 6.07) is 10.2. The molecule has 1 aromatic carbocycles. The normalized spacial score (nSPS) is 10.8. The number of aromatic nitrogens is 3. The van der Waals surface area contributed by atoms with Crippen LogP contribution in [0.15, 0.2) is 47.2 Å². The van der Waals surface area contributed by atoms with Gasteiger partial charge in [0, 0.05) is 23.4 Å². The van der Waals surface area contributed by atoms with E-state index in [9.17, 15) is 0 Å². The van der Waals surface area contributed by atoms with Crippen molar-refractivity contribution in [2.75, 3.05) is 5.32 Å². The number of fused-ring (bicyclic) bond motifs is 1. The minimum absolute atomic E-state index is 0.721. The Bertz CT molecular complexity index is 720. The van der Waals surface area contributed by atoms with E-state index < -0.39 is 0 Å². The summed E-state index contributed by atoms with van der Waals surface area (Å²) in [4.78, 5) is 4.38. The molecule has 0 spiro atoms. The lowest BCUT2D eigenvalue weighted by atomic mass is 10.2. The molecule has 2 heterocycles. The topological polar surface area (TPSA) is 42.2 Å². The monoisotopic (exact) mass is 316 g/mol. The van der Waals surface area contributed by atoms with Crippen molar-refractivity contribution in [2.24, 2.45) is 0 Å². The molecule has 2 aromatic heterocycles. The Balaban J connectivity index is 1.88. The van der Waals surface area contributed by atoms with E-state index in [0.29, 0.717) is 0 Å². The van der Waals surface area contributed by atoms with Gasteiger partial charge in [-0.05, 0) is 24.6 Å². The van der Waals surface area contributed by atoms with E-state index in [4.69, 9.17) is 0 Å². The van der Waals surface area contributed by atoms with Crippen LogP contribution in [-0.4, -0.2) is 14.6 Å². The molecule has 1 N–H and O–H groups in total. The largest absolute Gasteiger partial charge is 0.364 e. The Kier molecular flexibility index (Phi) is 3.21. The molecule has 0 atom stereocenters. The van der Waals surface area contributed by atoms with Gasteiger partial charge in [-0.15, -0.1) is 0 Å². The Hall–Kier alpha value is -1.88. The molecule has 3 aromatic rings. The number of nitrogens with zero attached hydrogens (tertiary/aromatic N) is 3. The summed E-state index contributed by atoms with van der Waals surface area (Å²) < 4.78 is 2.93. The van der Waals surface area contributed by atoms with Gasteiger partial charge in [0.1, 0.15) is 5.52 Å². The van der Waals surface area contributed by atoms with Crippen molar-refractivity contribution in [3.8, 4) is 0 Å². The third kappa shape index (κ3) is 2.46.